The second-order valence-electron chi connectivity index (χ2n) is 7.37. The zero-order chi connectivity index (χ0) is 16.7. The monoisotopic (exact) mass is 308 g/mol. The van der Waals surface area contributed by atoms with Crippen molar-refractivity contribution in [2.24, 2.45) is 0 Å². The molecule has 3 rings (SSSR count). The molecular weight excluding hydrogens is 283 g/mol. The maximum atomic E-state index is 6.37. The van der Waals surface area contributed by atoms with Gasteiger partial charge in [0.05, 0.1) is 11.2 Å². The summed E-state index contributed by atoms with van der Waals surface area (Å²) in [6.07, 6.45) is 0. The number of rotatable bonds is 3. The molecule has 1 saturated heterocycles. The van der Waals surface area contributed by atoms with Crippen molar-refractivity contribution < 1.29 is 9.31 Å². The van der Waals surface area contributed by atoms with Crippen LogP contribution in [-0.2, 0) is 9.31 Å². The summed E-state index contributed by atoms with van der Waals surface area (Å²) in [5.74, 6) is 0.0680. The van der Waals surface area contributed by atoms with E-state index in [4.69, 9.17) is 9.31 Å². The van der Waals surface area contributed by atoms with Gasteiger partial charge < -0.3 is 9.31 Å². The third-order valence-corrected chi connectivity index (χ3v) is 5.23. The molecule has 1 heterocycles. The van der Waals surface area contributed by atoms with Gasteiger partial charge in [-0.1, -0.05) is 54.6 Å². The van der Waals surface area contributed by atoms with E-state index < -0.39 is 0 Å². The van der Waals surface area contributed by atoms with Gasteiger partial charge >= 0.3 is 7.12 Å². The molecule has 0 radical (unpaired) electrons. The molecule has 0 saturated carbocycles. The molecule has 0 aromatic heterocycles. The smallest absolute Gasteiger partial charge is 0.403 e. The standard InChI is InChI=1S/C20H25BO2/c1-15-11-9-10-14-17(15)18(16-12-7-6-8-13-16)21-22-19(2,3)20(4,5)23-21/h6-14,18H,1-5H3. The van der Waals surface area contributed by atoms with Crippen molar-refractivity contribution in [1.29, 1.82) is 0 Å². The Morgan fingerprint density at radius 3 is 1.87 bits per heavy atom. The largest absolute Gasteiger partial charge is 0.470 e. The highest BCUT2D eigenvalue weighted by Crippen LogP contribution is 2.43. The second kappa shape index (κ2) is 5.81. The maximum absolute atomic E-state index is 6.37. The van der Waals surface area contributed by atoms with E-state index in [1.54, 1.807) is 0 Å². The van der Waals surface area contributed by atoms with E-state index in [9.17, 15) is 0 Å². The Morgan fingerprint density at radius 2 is 1.30 bits per heavy atom. The minimum Gasteiger partial charge on any atom is -0.403 e. The quantitative estimate of drug-likeness (QED) is 0.761. The first-order valence-electron chi connectivity index (χ1n) is 8.28. The lowest BCUT2D eigenvalue weighted by Crippen LogP contribution is -2.41. The molecule has 1 fully saturated rings. The van der Waals surface area contributed by atoms with E-state index in [-0.39, 0.29) is 24.1 Å². The van der Waals surface area contributed by atoms with Gasteiger partial charge in [0.25, 0.3) is 0 Å². The molecule has 23 heavy (non-hydrogen) atoms. The van der Waals surface area contributed by atoms with Crippen LogP contribution in [0.2, 0.25) is 0 Å². The van der Waals surface area contributed by atoms with E-state index in [0.29, 0.717) is 0 Å². The lowest BCUT2D eigenvalue weighted by atomic mass is 9.63. The fraction of sp³-hybridized carbons (Fsp3) is 0.400. The summed E-state index contributed by atoms with van der Waals surface area (Å²) in [5, 5.41) is 0. The van der Waals surface area contributed by atoms with Crippen molar-refractivity contribution in [3.8, 4) is 0 Å². The summed E-state index contributed by atoms with van der Waals surface area (Å²) in [5.41, 5.74) is 3.09. The first-order valence-corrected chi connectivity index (χ1v) is 8.28. The lowest BCUT2D eigenvalue weighted by Gasteiger charge is -2.32. The Balaban J connectivity index is 2.06. The van der Waals surface area contributed by atoms with E-state index >= 15 is 0 Å². The lowest BCUT2D eigenvalue weighted by molar-refractivity contribution is 0.00578. The third-order valence-electron chi connectivity index (χ3n) is 5.23. The van der Waals surface area contributed by atoms with Gasteiger partial charge in [-0.3, -0.25) is 0 Å². The fourth-order valence-electron chi connectivity index (χ4n) is 3.10. The number of hydrogen-bond acceptors (Lipinski definition) is 2. The highest BCUT2D eigenvalue weighted by Gasteiger charge is 2.54. The van der Waals surface area contributed by atoms with Crippen molar-refractivity contribution >= 4 is 7.12 Å². The van der Waals surface area contributed by atoms with Crippen LogP contribution < -0.4 is 0 Å². The first kappa shape index (κ1) is 16.3. The molecule has 1 aliphatic rings. The molecule has 1 unspecified atom stereocenters. The topological polar surface area (TPSA) is 18.5 Å². The van der Waals surface area contributed by atoms with Crippen LogP contribution in [0, 0.1) is 6.92 Å². The summed E-state index contributed by atoms with van der Waals surface area (Å²) in [7, 11) is -0.288. The Bertz CT molecular complexity index is 663. The third kappa shape index (κ3) is 2.96. The van der Waals surface area contributed by atoms with E-state index in [1.807, 2.05) is 6.07 Å². The summed E-state index contributed by atoms with van der Waals surface area (Å²) >= 11 is 0. The first-order chi connectivity index (χ1) is 10.8. The molecule has 0 bridgehead atoms. The predicted octanol–water partition coefficient (Wildman–Crippen LogP) is 4.76. The van der Waals surface area contributed by atoms with Crippen LogP contribution >= 0.6 is 0 Å². The molecule has 2 aromatic rings. The molecule has 1 atom stereocenters. The molecule has 1 aliphatic heterocycles. The molecule has 2 aromatic carbocycles. The Morgan fingerprint density at radius 1 is 0.783 bits per heavy atom. The van der Waals surface area contributed by atoms with Crippen molar-refractivity contribution in [2.75, 3.05) is 0 Å². The highest BCUT2D eigenvalue weighted by molar-refractivity contribution is 6.48. The maximum Gasteiger partial charge on any atom is 0.470 e. The van der Waals surface area contributed by atoms with Crippen molar-refractivity contribution in [1.82, 2.24) is 0 Å². The van der Waals surface area contributed by atoms with Crippen LogP contribution in [0.4, 0.5) is 0 Å². The Labute approximate surface area is 140 Å². The normalized spacial score (nSPS) is 20.5. The van der Waals surface area contributed by atoms with Gasteiger partial charge in [-0.25, -0.2) is 0 Å². The minimum atomic E-state index is -0.326. The number of hydrogen-bond donors (Lipinski definition) is 0. The van der Waals surface area contributed by atoms with Gasteiger partial charge in [0.15, 0.2) is 0 Å². The van der Waals surface area contributed by atoms with Gasteiger partial charge in [0, 0.05) is 5.82 Å². The van der Waals surface area contributed by atoms with Crippen LogP contribution in [0.15, 0.2) is 54.6 Å². The highest BCUT2D eigenvalue weighted by atomic mass is 16.7. The number of benzene rings is 2. The molecule has 0 spiro atoms. The van der Waals surface area contributed by atoms with Crippen LogP contribution in [-0.4, -0.2) is 18.3 Å². The van der Waals surface area contributed by atoms with Gasteiger partial charge in [-0.15, -0.1) is 0 Å². The van der Waals surface area contributed by atoms with Crippen molar-refractivity contribution in [2.45, 2.75) is 51.6 Å². The summed E-state index contributed by atoms with van der Waals surface area (Å²) in [6.45, 7) is 10.6. The molecule has 3 heteroatoms. The summed E-state index contributed by atoms with van der Waals surface area (Å²) in [4.78, 5) is 0. The second-order valence-corrected chi connectivity index (χ2v) is 7.37. The van der Waals surface area contributed by atoms with Gasteiger partial charge in [0.2, 0.25) is 0 Å². The molecule has 120 valence electrons. The summed E-state index contributed by atoms with van der Waals surface area (Å²) in [6, 6.07) is 19.0. The van der Waals surface area contributed by atoms with E-state index in [1.165, 1.54) is 16.7 Å². The molecule has 0 aliphatic carbocycles. The SMILES string of the molecule is Cc1ccccc1C(B1OC(C)(C)C(C)(C)O1)c1ccccc1. The zero-order valence-electron chi connectivity index (χ0n) is 14.7. The van der Waals surface area contributed by atoms with E-state index in [0.717, 1.165) is 0 Å². The summed E-state index contributed by atoms with van der Waals surface area (Å²) < 4.78 is 12.7. The van der Waals surface area contributed by atoms with Crippen LogP contribution in [0.3, 0.4) is 0 Å². The number of aryl methyl sites for hydroxylation is 1. The fourth-order valence-corrected chi connectivity index (χ4v) is 3.10. The van der Waals surface area contributed by atoms with Crippen molar-refractivity contribution in [3.05, 3.63) is 71.3 Å². The van der Waals surface area contributed by atoms with E-state index in [2.05, 4.69) is 83.1 Å². The van der Waals surface area contributed by atoms with Crippen molar-refractivity contribution in [3.63, 3.8) is 0 Å². The average Bonchev–Trinajstić information content (AvgIpc) is 2.70. The molecule has 0 amide bonds. The Hall–Kier alpha value is -1.58. The minimum absolute atomic E-state index is 0.0680. The van der Waals surface area contributed by atoms with Gasteiger partial charge in [-0.05, 0) is 51.3 Å². The molecular formula is C20H25BO2. The molecule has 2 nitrogen and oxygen atoms in total. The van der Waals surface area contributed by atoms with Crippen LogP contribution in [0.25, 0.3) is 0 Å². The zero-order valence-corrected chi connectivity index (χ0v) is 14.7. The van der Waals surface area contributed by atoms with Crippen LogP contribution in [0.5, 0.6) is 0 Å². The van der Waals surface area contributed by atoms with Gasteiger partial charge in [0.1, 0.15) is 0 Å². The van der Waals surface area contributed by atoms with Crippen LogP contribution in [0.1, 0.15) is 50.2 Å². The molecule has 0 N–H and O–H groups in total. The Kier molecular flexibility index (Phi) is 4.11. The van der Waals surface area contributed by atoms with Gasteiger partial charge in [-0.2, -0.15) is 0 Å². The predicted molar refractivity (Wildman–Crippen MR) is 95.5 cm³/mol. The average molecular weight is 308 g/mol.